The van der Waals surface area contributed by atoms with Crippen LogP contribution < -0.4 is 15.0 Å². The third kappa shape index (κ3) is 3.71. The summed E-state index contributed by atoms with van der Waals surface area (Å²) in [6.07, 6.45) is 0. The number of aromatic nitrogens is 1. The Balaban J connectivity index is 1.61. The molecule has 148 valence electrons. The van der Waals surface area contributed by atoms with Gasteiger partial charge >= 0.3 is 0 Å². The summed E-state index contributed by atoms with van der Waals surface area (Å²) in [5.41, 5.74) is 2.62. The summed E-state index contributed by atoms with van der Waals surface area (Å²) >= 11 is 1.35. The zero-order valence-electron chi connectivity index (χ0n) is 15.9. The average Bonchev–Trinajstić information content (AvgIpc) is 3.08. The van der Waals surface area contributed by atoms with Gasteiger partial charge in [-0.1, -0.05) is 0 Å². The van der Waals surface area contributed by atoms with Gasteiger partial charge in [-0.3, -0.25) is 14.9 Å². The Kier molecular flexibility index (Phi) is 5.02. The van der Waals surface area contributed by atoms with Gasteiger partial charge in [0.15, 0.2) is 11.7 Å². The minimum absolute atomic E-state index is 0.0372. The van der Waals surface area contributed by atoms with Crippen molar-refractivity contribution < 1.29 is 18.7 Å². The minimum atomic E-state index is -0.398. The first-order chi connectivity index (χ1) is 14.0. The van der Waals surface area contributed by atoms with Crippen LogP contribution in [0, 0.1) is 12.7 Å². The molecule has 1 aromatic heterocycles. The van der Waals surface area contributed by atoms with Crippen LogP contribution in [0.2, 0.25) is 0 Å². The molecule has 0 radical (unpaired) electrons. The van der Waals surface area contributed by atoms with E-state index >= 15 is 0 Å². The lowest BCUT2D eigenvalue weighted by atomic mass is 10.1. The van der Waals surface area contributed by atoms with Crippen LogP contribution in [0.15, 0.2) is 42.5 Å². The van der Waals surface area contributed by atoms with E-state index in [0.717, 1.165) is 16.1 Å². The number of nitrogens with zero attached hydrogens (tertiary/aromatic N) is 2. The van der Waals surface area contributed by atoms with E-state index in [2.05, 4.69) is 10.3 Å². The number of hydrogen-bond acceptors (Lipinski definition) is 5. The number of rotatable bonds is 4. The van der Waals surface area contributed by atoms with Crippen LogP contribution in [0.3, 0.4) is 0 Å². The Hall–Kier alpha value is -3.26. The van der Waals surface area contributed by atoms with Crippen molar-refractivity contribution in [2.24, 2.45) is 0 Å². The number of nitrogens with one attached hydrogen (secondary N) is 1. The summed E-state index contributed by atoms with van der Waals surface area (Å²) in [5.74, 6) is -0.177. The predicted octanol–water partition coefficient (Wildman–Crippen LogP) is 4.26. The Labute approximate surface area is 171 Å². The molecule has 8 heteroatoms. The molecule has 1 aliphatic rings. The molecule has 1 aliphatic heterocycles. The SMILES string of the molecule is CCN1C(=O)COc2ccc(-c3nc(NC(=O)c4ccc(F)cc4)sc3C)cc21. The van der Waals surface area contributed by atoms with Gasteiger partial charge in [-0.2, -0.15) is 0 Å². The lowest BCUT2D eigenvalue weighted by Crippen LogP contribution is -2.38. The highest BCUT2D eigenvalue weighted by Crippen LogP contribution is 2.38. The highest BCUT2D eigenvalue weighted by molar-refractivity contribution is 7.16. The summed E-state index contributed by atoms with van der Waals surface area (Å²) in [4.78, 5) is 31.6. The summed E-state index contributed by atoms with van der Waals surface area (Å²) in [6, 6.07) is 10.9. The van der Waals surface area contributed by atoms with Gasteiger partial charge in [0.1, 0.15) is 11.6 Å². The number of anilines is 2. The lowest BCUT2D eigenvalue weighted by molar-refractivity contribution is -0.121. The summed E-state index contributed by atoms with van der Waals surface area (Å²) in [7, 11) is 0. The van der Waals surface area contributed by atoms with Crippen LogP contribution in [-0.2, 0) is 4.79 Å². The Morgan fingerprint density at radius 2 is 2.03 bits per heavy atom. The van der Waals surface area contributed by atoms with Gasteiger partial charge in [-0.05, 0) is 56.3 Å². The van der Waals surface area contributed by atoms with Crippen molar-refractivity contribution in [1.29, 1.82) is 0 Å². The van der Waals surface area contributed by atoms with Crippen LogP contribution in [-0.4, -0.2) is 29.9 Å². The first kappa shape index (κ1) is 19.1. The number of carbonyl (C=O) groups excluding carboxylic acids is 2. The van der Waals surface area contributed by atoms with Gasteiger partial charge in [0, 0.05) is 22.5 Å². The monoisotopic (exact) mass is 411 g/mol. The topological polar surface area (TPSA) is 71.5 Å². The van der Waals surface area contributed by atoms with Crippen molar-refractivity contribution in [3.8, 4) is 17.0 Å². The molecule has 29 heavy (non-hydrogen) atoms. The van der Waals surface area contributed by atoms with Crippen molar-refractivity contribution in [2.75, 3.05) is 23.4 Å². The molecule has 0 spiro atoms. The Morgan fingerprint density at radius 1 is 1.28 bits per heavy atom. The second-order valence-electron chi connectivity index (χ2n) is 6.49. The zero-order chi connectivity index (χ0) is 20.5. The van der Waals surface area contributed by atoms with Gasteiger partial charge < -0.3 is 9.64 Å². The second-order valence-corrected chi connectivity index (χ2v) is 7.70. The number of ether oxygens (including phenoxy) is 1. The number of carbonyl (C=O) groups is 2. The van der Waals surface area contributed by atoms with Gasteiger partial charge in [0.2, 0.25) is 0 Å². The number of likely N-dealkylation sites (N-methyl/N-ethyl adjacent to an activating group) is 1. The minimum Gasteiger partial charge on any atom is -0.482 e. The molecule has 0 fully saturated rings. The molecule has 2 aromatic carbocycles. The first-order valence-electron chi connectivity index (χ1n) is 9.08. The number of benzene rings is 2. The standard InChI is InChI=1S/C21H18FN3O3S/c1-3-25-16-10-14(6-9-17(16)28-11-18(25)26)19-12(2)29-21(23-19)24-20(27)13-4-7-15(22)8-5-13/h4-10H,3,11H2,1-2H3,(H,23,24,27). The number of halogens is 1. The van der Waals surface area contributed by atoms with Crippen LogP contribution in [0.25, 0.3) is 11.3 Å². The average molecular weight is 411 g/mol. The smallest absolute Gasteiger partial charge is 0.265 e. The van der Waals surface area contributed by atoms with E-state index in [0.29, 0.717) is 28.7 Å². The van der Waals surface area contributed by atoms with Crippen molar-refractivity contribution in [3.63, 3.8) is 0 Å². The fourth-order valence-electron chi connectivity index (χ4n) is 3.18. The molecule has 0 bridgehead atoms. The van der Waals surface area contributed by atoms with Crippen LogP contribution in [0.5, 0.6) is 5.75 Å². The van der Waals surface area contributed by atoms with Gasteiger partial charge in [-0.15, -0.1) is 11.3 Å². The number of fused-ring (bicyclic) bond motifs is 1. The van der Waals surface area contributed by atoms with Crippen LogP contribution in [0.1, 0.15) is 22.2 Å². The predicted molar refractivity (Wildman–Crippen MR) is 110 cm³/mol. The molecule has 1 N–H and O–H groups in total. The summed E-state index contributed by atoms with van der Waals surface area (Å²) < 4.78 is 18.6. The fraction of sp³-hybridized carbons (Fsp3) is 0.190. The molecule has 2 amide bonds. The summed E-state index contributed by atoms with van der Waals surface area (Å²) in [6.45, 7) is 4.42. The van der Waals surface area contributed by atoms with E-state index in [1.807, 2.05) is 32.0 Å². The van der Waals surface area contributed by atoms with Crippen molar-refractivity contribution in [2.45, 2.75) is 13.8 Å². The molecule has 4 rings (SSSR count). The van der Waals surface area contributed by atoms with Crippen molar-refractivity contribution in [1.82, 2.24) is 4.98 Å². The van der Waals surface area contributed by atoms with Gasteiger partial charge in [0.25, 0.3) is 11.8 Å². The van der Waals surface area contributed by atoms with E-state index in [1.165, 1.54) is 35.6 Å². The molecule has 0 aliphatic carbocycles. The number of thiazole rings is 1. The molecular formula is C21H18FN3O3S. The molecule has 2 heterocycles. The van der Waals surface area contributed by atoms with E-state index in [9.17, 15) is 14.0 Å². The normalized spacial score (nSPS) is 13.1. The third-order valence-corrected chi connectivity index (χ3v) is 5.50. The maximum atomic E-state index is 13.0. The first-order valence-corrected chi connectivity index (χ1v) is 9.90. The summed E-state index contributed by atoms with van der Waals surface area (Å²) in [5, 5.41) is 3.20. The largest absolute Gasteiger partial charge is 0.482 e. The Bertz CT molecular complexity index is 1100. The van der Waals surface area contributed by atoms with E-state index in [1.54, 1.807) is 4.90 Å². The fourth-order valence-corrected chi connectivity index (χ4v) is 4.02. The molecule has 0 saturated carbocycles. The van der Waals surface area contributed by atoms with Crippen molar-refractivity contribution >= 4 is 34.0 Å². The quantitative estimate of drug-likeness (QED) is 0.697. The molecule has 0 atom stereocenters. The van der Waals surface area contributed by atoms with E-state index in [4.69, 9.17) is 4.74 Å². The van der Waals surface area contributed by atoms with E-state index in [-0.39, 0.29) is 18.4 Å². The van der Waals surface area contributed by atoms with E-state index < -0.39 is 5.82 Å². The van der Waals surface area contributed by atoms with Crippen LogP contribution >= 0.6 is 11.3 Å². The number of aryl methyl sites for hydroxylation is 1. The van der Waals surface area contributed by atoms with Gasteiger partial charge in [0.05, 0.1) is 11.4 Å². The highest BCUT2D eigenvalue weighted by Gasteiger charge is 2.25. The third-order valence-electron chi connectivity index (χ3n) is 4.62. The molecule has 0 unspecified atom stereocenters. The zero-order valence-corrected chi connectivity index (χ0v) is 16.7. The maximum absolute atomic E-state index is 13.0. The molecular weight excluding hydrogens is 393 g/mol. The van der Waals surface area contributed by atoms with Crippen LogP contribution in [0.4, 0.5) is 15.2 Å². The van der Waals surface area contributed by atoms with Gasteiger partial charge in [-0.25, -0.2) is 9.37 Å². The molecule has 3 aromatic rings. The molecule has 6 nitrogen and oxygen atoms in total. The second kappa shape index (κ2) is 7.63. The maximum Gasteiger partial charge on any atom is 0.265 e. The lowest BCUT2D eigenvalue weighted by Gasteiger charge is -2.28. The highest BCUT2D eigenvalue weighted by atomic mass is 32.1. The molecule has 0 saturated heterocycles. The Morgan fingerprint density at radius 3 is 2.76 bits per heavy atom. The number of amides is 2. The van der Waals surface area contributed by atoms with Crippen molar-refractivity contribution in [3.05, 3.63) is 58.7 Å². The number of hydrogen-bond donors (Lipinski definition) is 1.